The van der Waals surface area contributed by atoms with E-state index in [0.29, 0.717) is 13.1 Å². The number of urea groups is 1. The van der Waals surface area contributed by atoms with Crippen molar-refractivity contribution in [2.24, 2.45) is 5.92 Å². The molecule has 7 heteroatoms. The SMILES string of the molecule is C=CCN(CC=C)C(=O)N1CCC(CC(=O)O)C(F)(F)CC1. The second-order valence-electron chi connectivity index (χ2n) is 5.35. The zero-order chi connectivity index (χ0) is 16.8. The van der Waals surface area contributed by atoms with Gasteiger partial charge in [0.1, 0.15) is 0 Å². The van der Waals surface area contributed by atoms with Gasteiger partial charge in [-0.2, -0.15) is 0 Å². The Morgan fingerprint density at radius 3 is 2.36 bits per heavy atom. The van der Waals surface area contributed by atoms with Crippen LogP contribution in [0.5, 0.6) is 0 Å². The van der Waals surface area contributed by atoms with Crippen molar-refractivity contribution in [1.82, 2.24) is 9.80 Å². The number of aliphatic carboxylic acids is 1. The van der Waals surface area contributed by atoms with Gasteiger partial charge in [0.05, 0.1) is 6.42 Å². The van der Waals surface area contributed by atoms with E-state index >= 15 is 0 Å². The quantitative estimate of drug-likeness (QED) is 0.766. The largest absolute Gasteiger partial charge is 0.481 e. The zero-order valence-corrected chi connectivity index (χ0v) is 12.5. The first-order valence-corrected chi connectivity index (χ1v) is 7.17. The molecule has 0 aromatic heterocycles. The van der Waals surface area contributed by atoms with Crippen molar-refractivity contribution in [3.63, 3.8) is 0 Å². The van der Waals surface area contributed by atoms with Gasteiger partial charge >= 0.3 is 12.0 Å². The maximum Gasteiger partial charge on any atom is 0.320 e. The first kappa shape index (κ1) is 18.1. The summed E-state index contributed by atoms with van der Waals surface area (Å²) in [6.07, 6.45) is 1.98. The maximum absolute atomic E-state index is 14.0. The molecule has 1 fully saturated rings. The molecular formula is C15H22F2N2O3. The minimum atomic E-state index is -3.07. The molecule has 22 heavy (non-hydrogen) atoms. The van der Waals surface area contributed by atoms with Gasteiger partial charge in [-0.25, -0.2) is 13.6 Å². The number of halogens is 2. The summed E-state index contributed by atoms with van der Waals surface area (Å²) in [4.78, 5) is 25.9. The van der Waals surface area contributed by atoms with E-state index in [1.54, 1.807) is 12.2 Å². The van der Waals surface area contributed by atoms with Gasteiger partial charge in [0, 0.05) is 38.5 Å². The molecule has 2 amide bonds. The fourth-order valence-electron chi connectivity index (χ4n) is 2.52. The van der Waals surface area contributed by atoms with Crippen LogP contribution < -0.4 is 0 Å². The fraction of sp³-hybridized carbons (Fsp3) is 0.600. The Morgan fingerprint density at radius 1 is 1.27 bits per heavy atom. The highest BCUT2D eigenvalue weighted by Crippen LogP contribution is 2.36. The Kier molecular flexibility index (Phi) is 6.52. The van der Waals surface area contributed by atoms with Crippen LogP contribution in [0.15, 0.2) is 25.3 Å². The molecule has 0 aromatic rings. The number of likely N-dealkylation sites (tertiary alicyclic amines) is 1. The van der Waals surface area contributed by atoms with Gasteiger partial charge < -0.3 is 14.9 Å². The third-order valence-corrected chi connectivity index (χ3v) is 3.72. The van der Waals surface area contributed by atoms with Crippen molar-refractivity contribution in [3.8, 4) is 0 Å². The summed E-state index contributed by atoms with van der Waals surface area (Å²) in [6, 6.07) is -0.355. The smallest absolute Gasteiger partial charge is 0.320 e. The van der Waals surface area contributed by atoms with Crippen LogP contribution in [-0.2, 0) is 4.79 Å². The lowest BCUT2D eigenvalue weighted by atomic mass is 9.93. The van der Waals surface area contributed by atoms with E-state index in [1.807, 2.05) is 0 Å². The van der Waals surface area contributed by atoms with Crippen molar-refractivity contribution >= 4 is 12.0 Å². The van der Waals surface area contributed by atoms with Gasteiger partial charge in [0.25, 0.3) is 5.92 Å². The Morgan fingerprint density at radius 2 is 1.86 bits per heavy atom. The van der Waals surface area contributed by atoms with Crippen LogP contribution >= 0.6 is 0 Å². The van der Waals surface area contributed by atoms with E-state index in [-0.39, 0.29) is 25.5 Å². The van der Waals surface area contributed by atoms with Gasteiger partial charge in [-0.1, -0.05) is 12.2 Å². The first-order valence-electron chi connectivity index (χ1n) is 7.17. The minimum absolute atomic E-state index is 0.0267. The lowest BCUT2D eigenvalue weighted by molar-refractivity contribution is -0.143. The summed E-state index contributed by atoms with van der Waals surface area (Å²) in [5, 5.41) is 8.75. The summed E-state index contributed by atoms with van der Waals surface area (Å²) in [7, 11) is 0. The summed E-state index contributed by atoms with van der Waals surface area (Å²) < 4.78 is 28.0. The predicted octanol–water partition coefficient (Wildman–Crippen LogP) is 2.60. The number of alkyl halides is 2. The lowest BCUT2D eigenvalue weighted by Gasteiger charge is -2.28. The third-order valence-electron chi connectivity index (χ3n) is 3.72. The van der Waals surface area contributed by atoms with Gasteiger partial charge in [-0.15, -0.1) is 13.2 Å². The van der Waals surface area contributed by atoms with E-state index in [1.165, 1.54) is 9.80 Å². The minimum Gasteiger partial charge on any atom is -0.481 e. The number of carboxylic acids is 1. The average molecular weight is 316 g/mol. The van der Waals surface area contributed by atoms with Crippen molar-refractivity contribution in [1.29, 1.82) is 0 Å². The predicted molar refractivity (Wildman–Crippen MR) is 78.9 cm³/mol. The number of carboxylic acid groups (broad SMARTS) is 1. The van der Waals surface area contributed by atoms with E-state index in [9.17, 15) is 18.4 Å². The van der Waals surface area contributed by atoms with Gasteiger partial charge in [0.2, 0.25) is 0 Å². The molecule has 1 saturated heterocycles. The standard InChI is InChI=1S/C15H22F2N2O3/c1-3-7-18(8-4-2)14(22)19-9-5-12(11-13(20)21)15(16,17)6-10-19/h3-4,12H,1-2,5-11H2,(H,20,21). The molecule has 1 heterocycles. The van der Waals surface area contributed by atoms with Gasteiger partial charge in [-0.3, -0.25) is 4.79 Å². The molecule has 0 saturated carbocycles. The van der Waals surface area contributed by atoms with Crippen molar-refractivity contribution in [2.75, 3.05) is 26.2 Å². The summed E-state index contributed by atoms with van der Waals surface area (Å²) >= 11 is 0. The van der Waals surface area contributed by atoms with Crippen LogP contribution in [-0.4, -0.2) is 59.0 Å². The maximum atomic E-state index is 14.0. The Hall–Kier alpha value is -1.92. The molecule has 0 spiro atoms. The van der Waals surface area contributed by atoms with Crippen LogP contribution in [0, 0.1) is 5.92 Å². The van der Waals surface area contributed by atoms with Crippen LogP contribution in [0.4, 0.5) is 13.6 Å². The summed E-state index contributed by atoms with van der Waals surface area (Å²) in [6.45, 7) is 7.76. The Bertz CT molecular complexity index is 431. The molecule has 1 rings (SSSR count). The lowest BCUT2D eigenvalue weighted by Crippen LogP contribution is -2.44. The second kappa shape index (κ2) is 7.91. The topological polar surface area (TPSA) is 60.9 Å². The second-order valence-corrected chi connectivity index (χ2v) is 5.35. The molecule has 124 valence electrons. The average Bonchev–Trinajstić information content (AvgIpc) is 2.57. The molecule has 1 aliphatic heterocycles. The number of hydrogen-bond donors (Lipinski definition) is 1. The van der Waals surface area contributed by atoms with E-state index in [2.05, 4.69) is 13.2 Å². The summed E-state index contributed by atoms with van der Waals surface area (Å²) in [5.41, 5.74) is 0. The third kappa shape index (κ3) is 4.82. The Labute approximate surface area is 128 Å². The van der Waals surface area contributed by atoms with Crippen molar-refractivity contribution in [3.05, 3.63) is 25.3 Å². The molecule has 1 aliphatic rings. The Balaban J connectivity index is 2.78. The number of rotatable bonds is 6. The number of amides is 2. The molecule has 0 radical (unpaired) electrons. The van der Waals surface area contributed by atoms with E-state index < -0.39 is 30.7 Å². The molecule has 1 N–H and O–H groups in total. The number of carbonyl (C=O) groups is 2. The molecular weight excluding hydrogens is 294 g/mol. The van der Waals surface area contributed by atoms with Crippen molar-refractivity contribution < 1.29 is 23.5 Å². The zero-order valence-electron chi connectivity index (χ0n) is 12.5. The molecule has 1 atom stereocenters. The molecule has 5 nitrogen and oxygen atoms in total. The van der Waals surface area contributed by atoms with Crippen LogP contribution in [0.3, 0.4) is 0 Å². The van der Waals surface area contributed by atoms with E-state index in [0.717, 1.165) is 0 Å². The number of hydrogen-bond acceptors (Lipinski definition) is 2. The first-order chi connectivity index (χ1) is 10.3. The highest BCUT2D eigenvalue weighted by Gasteiger charge is 2.43. The molecule has 0 bridgehead atoms. The highest BCUT2D eigenvalue weighted by atomic mass is 19.3. The summed E-state index contributed by atoms with van der Waals surface area (Å²) in [5.74, 6) is -5.56. The van der Waals surface area contributed by atoms with Crippen LogP contribution in [0.2, 0.25) is 0 Å². The normalized spacial score (nSPS) is 20.8. The van der Waals surface area contributed by atoms with Crippen molar-refractivity contribution in [2.45, 2.75) is 25.2 Å². The number of nitrogens with zero attached hydrogens (tertiary/aromatic N) is 2. The monoisotopic (exact) mass is 316 g/mol. The van der Waals surface area contributed by atoms with Crippen LogP contribution in [0.1, 0.15) is 19.3 Å². The fourth-order valence-corrected chi connectivity index (χ4v) is 2.52. The number of carbonyl (C=O) groups excluding carboxylic acids is 1. The van der Waals surface area contributed by atoms with Gasteiger partial charge in [-0.05, 0) is 6.42 Å². The van der Waals surface area contributed by atoms with Crippen LogP contribution in [0.25, 0.3) is 0 Å². The van der Waals surface area contributed by atoms with Gasteiger partial charge in [0.15, 0.2) is 0 Å². The highest BCUT2D eigenvalue weighted by molar-refractivity contribution is 5.75. The molecule has 0 aromatic carbocycles. The van der Waals surface area contributed by atoms with E-state index in [4.69, 9.17) is 5.11 Å². The molecule has 0 aliphatic carbocycles. The molecule has 1 unspecified atom stereocenters.